The minimum Gasteiger partial charge on any atom is -0.377 e. The van der Waals surface area contributed by atoms with Gasteiger partial charge in [0.1, 0.15) is 5.82 Å². The minimum absolute atomic E-state index is 0.108. The van der Waals surface area contributed by atoms with Gasteiger partial charge < -0.3 is 15.0 Å². The highest BCUT2D eigenvalue weighted by Gasteiger charge is 2.27. The molecule has 2 aromatic rings. The summed E-state index contributed by atoms with van der Waals surface area (Å²) in [5.41, 5.74) is 3.34. The lowest BCUT2D eigenvalue weighted by molar-refractivity contribution is -0.119. The SMILES string of the molecule is C[C@H]1CCC(NCCN(F)SI)CO1.O=CN1CCc2ccccc2[C@@H]1c1ccc(F)cc1. The van der Waals surface area contributed by atoms with Gasteiger partial charge in [-0.15, -0.1) is 4.48 Å². The van der Waals surface area contributed by atoms with Crippen molar-refractivity contribution in [3.63, 3.8) is 0 Å². The molecule has 5 nitrogen and oxygen atoms in total. The molecule has 9 heteroatoms. The summed E-state index contributed by atoms with van der Waals surface area (Å²) in [6.07, 6.45) is 4.36. The topological polar surface area (TPSA) is 44.8 Å². The van der Waals surface area contributed by atoms with Gasteiger partial charge in [-0.3, -0.25) is 4.79 Å². The Morgan fingerprint density at radius 2 is 2.00 bits per heavy atom. The van der Waals surface area contributed by atoms with E-state index < -0.39 is 0 Å². The summed E-state index contributed by atoms with van der Waals surface area (Å²) in [4.78, 5) is 13.0. The summed E-state index contributed by atoms with van der Waals surface area (Å²) < 4.78 is 31.9. The molecular formula is C24H30F2IN3O2S. The maximum Gasteiger partial charge on any atom is 0.210 e. The van der Waals surface area contributed by atoms with Gasteiger partial charge in [-0.25, -0.2) is 4.39 Å². The molecule has 0 spiro atoms. The van der Waals surface area contributed by atoms with Crippen molar-refractivity contribution in [1.29, 1.82) is 0 Å². The molecule has 0 saturated carbocycles. The van der Waals surface area contributed by atoms with Gasteiger partial charge in [0.2, 0.25) is 6.41 Å². The first kappa shape index (κ1) is 26.3. The number of hydrogen-bond donors (Lipinski definition) is 1. The fraction of sp³-hybridized carbons (Fsp3) is 0.458. The van der Waals surface area contributed by atoms with Crippen LogP contribution in [0.4, 0.5) is 8.87 Å². The van der Waals surface area contributed by atoms with Crippen molar-refractivity contribution in [2.45, 2.75) is 44.4 Å². The molecular weight excluding hydrogens is 559 g/mol. The standard InChI is InChI=1S/C16H14FNO.C8H16FIN2OS/c17-14-7-5-13(6-8-14)16-15-4-2-1-3-12(15)9-10-18(16)11-19;1-7-2-3-8(6-13-7)11-4-5-12(9)14-10/h1-8,11,16H,9-10H2;7-8,11H,2-6H2,1H3/t16-;7-,8?/m00/s1. The molecule has 0 radical (unpaired) electrons. The summed E-state index contributed by atoms with van der Waals surface area (Å²) in [6.45, 7) is 4.63. The van der Waals surface area contributed by atoms with E-state index in [1.54, 1.807) is 17.0 Å². The largest absolute Gasteiger partial charge is 0.377 e. The third-order valence-electron chi connectivity index (χ3n) is 5.94. The van der Waals surface area contributed by atoms with Crippen molar-refractivity contribution in [1.82, 2.24) is 14.7 Å². The van der Waals surface area contributed by atoms with Gasteiger partial charge in [0.05, 0.1) is 25.3 Å². The van der Waals surface area contributed by atoms with Gasteiger partial charge in [-0.05, 0) is 55.0 Å². The normalized spacial score (nSPS) is 22.3. The molecule has 4 rings (SSSR count). The summed E-state index contributed by atoms with van der Waals surface area (Å²) >= 11 is 1.93. The molecule has 1 amide bonds. The maximum atomic E-state index is 13.0. The Morgan fingerprint density at radius 1 is 1.24 bits per heavy atom. The van der Waals surface area contributed by atoms with Crippen LogP contribution in [0.5, 0.6) is 0 Å². The molecule has 2 aliphatic rings. The number of nitrogens with zero attached hydrogens (tertiary/aromatic N) is 2. The second-order valence-corrected chi connectivity index (χ2v) is 9.94. The number of benzene rings is 2. The molecule has 1 saturated heterocycles. The van der Waals surface area contributed by atoms with E-state index in [2.05, 4.69) is 18.3 Å². The number of fused-ring (bicyclic) bond motifs is 1. The van der Waals surface area contributed by atoms with Crippen LogP contribution in [0.1, 0.15) is 42.5 Å². The van der Waals surface area contributed by atoms with E-state index in [0.29, 0.717) is 31.8 Å². The average molecular weight is 589 g/mol. The van der Waals surface area contributed by atoms with Gasteiger partial charge >= 0.3 is 0 Å². The third kappa shape index (κ3) is 7.88. The fourth-order valence-electron chi connectivity index (χ4n) is 4.15. The van der Waals surface area contributed by atoms with Crippen LogP contribution in [0.2, 0.25) is 0 Å². The van der Waals surface area contributed by atoms with Gasteiger partial charge in [-0.1, -0.05) is 40.9 Å². The summed E-state index contributed by atoms with van der Waals surface area (Å²) in [5, 5.41) is 3.28. The van der Waals surface area contributed by atoms with Crippen molar-refractivity contribution >= 4 is 36.7 Å². The summed E-state index contributed by atoms with van der Waals surface area (Å²) in [5.74, 6) is -0.259. The number of carbonyl (C=O) groups is 1. The first-order valence-corrected chi connectivity index (χ1v) is 14.4. The molecule has 2 aromatic carbocycles. The van der Waals surface area contributed by atoms with Crippen LogP contribution >= 0.6 is 30.3 Å². The molecule has 3 atom stereocenters. The average Bonchev–Trinajstić information content (AvgIpc) is 2.85. The molecule has 2 aliphatic heterocycles. The van der Waals surface area contributed by atoms with Crippen LogP contribution < -0.4 is 5.32 Å². The highest BCUT2D eigenvalue weighted by atomic mass is 127. The number of rotatable bonds is 7. The molecule has 1 N–H and O–H groups in total. The summed E-state index contributed by atoms with van der Waals surface area (Å²) in [6, 6.07) is 14.8. The second-order valence-electron chi connectivity index (χ2n) is 8.23. The molecule has 2 heterocycles. The van der Waals surface area contributed by atoms with E-state index in [1.807, 2.05) is 39.4 Å². The van der Waals surface area contributed by atoms with Gasteiger partial charge in [0, 0.05) is 49.5 Å². The van der Waals surface area contributed by atoms with E-state index in [-0.39, 0.29) is 11.9 Å². The molecule has 0 aliphatic carbocycles. The monoisotopic (exact) mass is 589 g/mol. The lowest BCUT2D eigenvalue weighted by atomic mass is 9.88. The van der Waals surface area contributed by atoms with E-state index in [0.717, 1.165) is 57.1 Å². The molecule has 180 valence electrons. The van der Waals surface area contributed by atoms with E-state index in [9.17, 15) is 13.7 Å². The van der Waals surface area contributed by atoms with E-state index in [1.165, 1.54) is 17.7 Å². The molecule has 0 bridgehead atoms. The zero-order valence-electron chi connectivity index (χ0n) is 18.6. The molecule has 1 unspecified atom stereocenters. The molecule has 33 heavy (non-hydrogen) atoms. The highest BCUT2D eigenvalue weighted by molar-refractivity contribution is 14.2. The van der Waals surface area contributed by atoms with Crippen molar-refractivity contribution < 1.29 is 18.4 Å². The van der Waals surface area contributed by atoms with Crippen LogP contribution in [-0.2, 0) is 16.0 Å². The molecule has 1 fully saturated rings. The Morgan fingerprint density at radius 3 is 2.67 bits per heavy atom. The third-order valence-corrected chi connectivity index (χ3v) is 7.56. The zero-order chi connectivity index (χ0) is 23.6. The van der Waals surface area contributed by atoms with Gasteiger partial charge in [0.25, 0.3) is 0 Å². The van der Waals surface area contributed by atoms with Gasteiger partial charge in [0.15, 0.2) is 0 Å². The Hall–Kier alpha value is -1.27. The number of nitrogens with one attached hydrogen (secondary N) is 1. The predicted octanol–water partition coefficient (Wildman–Crippen LogP) is 5.26. The fourth-order valence-corrected chi connectivity index (χ4v) is 4.90. The highest BCUT2D eigenvalue weighted by Crippen LogP contribution is 2.34. The Bertz CT molecular complexity index is 869. The second kappa shape index (κ2) is 13.6. The molecule has 0 aromatic heterocycles. The maximum absolute atomic E-state index is 13.0. The quantitative estimate of drug-likeness (QED) is 0.207. The minimum atomic E-state index is -0.259. The van der Waals surface area contributed by atoms with Crippen molar-refractivity contribution in [3.8, 4) is 0 Å². The van der Waals surface area contributed by atoms with Gasteiger partial charge in [-0.2, -0.15) is 0 Å². The Kier molecular flexibility index (Phi) is 10.8. The van der Waals surface area contributed by atoms with Crippen LogP contribution in [0.3, 0.4) is 0 Å². The van der Waals surface area contributed by atoms with Crippen molar-refractivity contribution in [3.05, 3.63) is 71.0 Å². The number of halogens is 3. The van der Waals surface area contributed by atoms with Crippen LogP contribution in [-0.4, -0.2) is 54.2 Å². The Labute approximate surface area is 210 Å². The number of amides is 1. The number of ether oxygens (including phenoxy) is 1. The van der Waals surface area contributed by atoms with E-state index >= 15 is 0 Å². The lowest BCUT2D eigenvalue weighted by Crippen LogP contribution is -2.41. The van der Waals surface area contributed by atoms with E-state index in [4.69, 9.17) is 4.74 Å². The zero-order valence-corrected chi connectivity index (χ0v) is 21.6. The summed E-state index contributed by atoms with van der Waals surface area (Å²) in [7, 11) is 1.08. The van der Waals surface area contributed by atoms with Crippen LogP contribution in [0, 0.1) is 5.82 Å². The number of hydrogen-bond acceptors (Lipinski definition) is 5. The lowest BCUT2D eigenvalue weighted by Gasteiger charge is -2.35. The predicted molar refractivity (Wildman–Crippen MR) is 137 cm³/mol. The van der Waals surface area contributed by atoms with Crippen molar-refractivity contribution in [2.75, 3.05) is 26.2 Å². The first-order chi connectivity index (χ1) is 16.0. The Balaban J connectivity index is 0.000000196. The van der Waals surface area contributed by atoms with Crippen LogP contribution in [0.15, 0.2) is 48.5 Å². The van der Waals surface area contributed by atoms with Crippen molar-refractivity contribution in [2.24, 2.45) is 0 Å². The smallest absolute Gasteiger partial charge is 0.210 e. The first-order valence-electron chi connectivity index (χ1n) is 11.1. The number of carbonyl (C=O) groups excluding carboxylic acids is 1. The van der Waals surface area contributed by atoms with Crippen LogP contribution in [0.25, 0.3) is 0 Å².